The van der Waals surface area contributed by atoms with Crippen LogP contribution in [0.4, 0.5) is 11.4 Å². The monoisotopic (exact) mass is 258 g/mol. The molecule has 2 aromatic heterocycles. The van der Waals surface area contributed by atoms with Gasteiger partial charge in [0.25, 0.3) is 11.5 Å². The van der Waals surface area contributed by atoms with Gasteiger partial charge in [-0.15, -0.1) is 0 Å². The zero-order valence-corrected chi connectivity index (χ0v) is 10.5. The van der Waals surface area contributed by atoms with Gasteiger partial charge in [-0.3, -0.25) is 9.59 Å². The second-order valence-corrected chi connectivity index (χ2v) is 3.94. The van der Waals surface area contributed by atoms with Gasteiger partial charge >= 0.3 is 0 Å². The van der Waals surface area contributed by atoms with Crippen LogP contribution in [-0.4, -0.2) is 15.5 Å². The third kappa shape index (κ3) is 2.79. The number of pyridine rings is 2. The van der Waals surface area contributed by atoms with Gasteiger partial charge in [0, 0.05) is 25.0 Å². The van der Waals surface area contributed by atoms with Crippen molar-refractivity contribution in [3.05, 3.63) is 52.7 Å². The molecule has 0 fully saturated rings. The summed E-state index contributed by atoms with van der Waals surface area (Å²) in [6.45, 7) is 2.39. The number of anilines is 2. The molecule has 6 nitrogen and oxygen atoms in total. The SMILES string of the molecule is CCn1cc(NC(=O)c2ncccc2N)ccc1=O. The maximum atomic E-state index is 12.0. The summed E-state index contributed by atoms with van der Waals surface area (Å²) in [6.07, 6.45) is 3.08. The molecule has 0 saturated heterocycles. The van der Waals surface area contributed by atoms with Crippen molar-refractivity contribution >= 4 is 17.3 Å². The maximum absolute atomic E-state index is 12.0. The van der Waals surface area contributed by atoms with Crippen LogP contribution in [-0.2, 0) is 6.54 Å². The minimum atomic E-state index is -0.403. The number of hydrogen-bond donors (Lipinski definition) is 2. The Balaban J connectivity index is 2.24. The summed E-state index contributed by atoms with van der Waals surface area (Å²) in [4.78, 5) is 27.3. The number of nitrogens with one attached hydrogen (secondary N) is 1. The summed E-state index contributed by atoms with van der Waals surface area (Å²) in [5.74, 6) is -0.403. The van der Waals surface area contributed by atoms with E-state index in [0.717, 1.165) is 0 Å². The van der Waals surface area contributed by atoms with Crippen molar-refractivity contribution in [2.75, 3.05) is 11.1 Å². The number of rotatable bonds is 3. The highest BCUT2D eigenvalue weighted by Gasteiger charge is 2.11. The number of nitrogen functional groups attached to an aromatic ring is 1. The molecule has 0 radical (unpaired) electrons. The molecule has 0 aromatic carbocycles. The Morgan fingerprint density at radius 2 is 2.21 bits per heavy atom. The van der Waals surface area contributed by atoms with E-state index in [-0.39, 0.29) is 11.3 Å². The van der Waals surface area contributed by atoms with Gasteiger partial charge in [0.1, 0.15) is 0 Å². The van der Waals surface area contributed by atoms with Crippen molar-refractivity contribution in [1.29, 1.82) is 0 Å². The van der Waals surface area contributed by atoms with Gasteiger partial charge in [0.05, 0.1) is 11.4 Å². The van der Waals surface area contributed by atoms with Crippen molar-refractivity contribution in [3.8, 4) is 0 Å². The lowest BCUT2D eigenvalue weighted by Crippen LogP contribution is -2.20. The smallest absolute Gasteiger partial charge is 0.276 e. The number of nitrogens with two attached hydrogens (primary N) is 1. The summed E-state index contributed by atoms with van der Waals surface area (Å²) in [7, 11) is 0. The van der Waals surface area contributed by atoms with E-state index in [1.807, 2.05) is 6.92 Å². The Hall–Kier alpha value is -2.63. The number of aromatic nitrogens is 2. The fourth-order valence-corrected chi connectivity index (χ4v) is 1.65. The van der Waals surface area contributed by atoms with Crippen LogP contribution < -0.4 is 16.6 Å². The number of amides is 1. The molecule has 2 rings (SSSR count). The summed E-state index contributed by atoms with van der Waals surface area (Å²) in [5.41, 5.74) is 6.56. The van der Waals surface area contributed by atoms with Gasteiger partial charge in [-0.2, -0.15) is 0 Å². The van der Waals surface area contributed by atoms with Gasteiger partial charge in [0.2, 0.25) is 0 Å². The third-order valence-electron chi connectivity index (χ3n) is 2.64. The standard InChI is InChI=1S/C13H14N4O2/c1-2-17-8-9(5-6-11(17)18)16-13(19)12-10(14)4-3-7-15-12/h3-8H,2,14H2,1H3,(H,16,19). The Labute approximate surface area is 109 Å². The molecule has 0 spiro atoms. The molecule has 0 saturated carbocycles. The van der Waals surface area contributed by atoms with Gasteiger partial charge in [-0.05, 0) is 25.1 Å². The highest BCUT2D eigenvalue weighted by atomic mass is 16.2. The van der Waals surface area contributed by atoms with E-state index in [1.165, 1.54) is 16.8 Å². The predicted molar refractivity (Wildman–Crippen MR) is 73.0 cm³/mol. The van der Waals surface area contributed by atoms with Crippen LogP contribution in [0, 0.1) is 0 Å². The van der Waals surface area contributed by atoms with Crippen LogP contribution in [0.25, 0.3) is 0 Å². The van der Waals surface area contributed by atoms with Crippen molar-refractivity contribution in [2.45, 2.75) is 13.5 Å². The van der Waals surface area contributed by atoms with Crippen LogP contribution in [0.1, 0.15) is 17.4 Å². The predicted octanol–water partition coefficient (Wildman–Crippen LogP) is 1.10. The van der Waals surface area contributed by atoms with Crippen molar-refractivity contribution in [2.24, 2.45) is 0 Å². The molecule has 6 heteroatoms. The summed E-state index contributed by atoms with van der Waals surface area (Å²) >= 11 is 0. The van der Waals surface area contributed by atoms with Crippen molar-refractivity contribution in [1.82, 2.24) is 9.55 Å². The number of nitrogens with zero attached hydrogens (tertiary/aromatic N) is 2. The molecular weight excluding hydrogens is 244 g/mol. The zero-order valence-electron chi connectivity index (χ0n) is 10.5. The summed E-state index contributed by atoms with van der Waals surface area (Å²) in [5, 5.41) is 2.66. The number of hydrogen-bond acceptors (Lipinski definition) is 4. The van der Waals surface area contributed by atoms with Gasteiger partial charge in [-0.25, -0.2) is 4.98 Å². The second kappa shape index (κ2) is 5.34. The molecule has 3 N–H and O–H groups in total. The van der Waals surface area contributed by atoms with Gasteiger partial charge < -0.3 is 15.6 Å². The summed E-state index contributed by atoms with van der Waals surface area (Å²) < 4.78 is 1.50. The molecule has 0 aliphatic rings. The molecule has 2 aromatic rings. The quantitative estimate of drug-likeness (QED) is 0.862. The number of carbonyl (C=O) groups is 1. The van der Waals surface area contributed by atoms with E-state index in [2.05, 4.69) is 10.3 Å². The maximum Gasteiger partial charge on any atom is 0.276 e. The van der Waals surface area contributed by atoms with Crippen molar-refractivity contribution < 1.29 is 4.79 Å². The molecule has 0 unspecified atom stereocenters. The first-order valence-corrected chi connectivity index (χ1v) is 5.84. The largest absolute Gasteiger partial charge is 0.397 e. The van der Waals surface area contributed by atoms with E-state index < -0.39 is 5.91 Å². The molecule has 1 amide bonds. The van der Waals surface area contributed by atoms with E-state index in [0.29, 0.717) is 17.9 Å². The lowest BCUT2D eigenvalue weighted by Gasteiger charge is -2.08. The molecule has 0 aliphatic carbocycles. The van der Waals surface area contributed by atoms with Crippen LogP contribution in [0.3, 0.4) is 0 Å². The fourth-order valence-electron chi connectivity index (χ4n) is 1.65. The summed E-state index contributed by atoms with van der Waals surface area (Å²) in [6, 6.07) is 6.21. The minimum Gasteiger partial charge on any atom is -0.397 e. The lowest BCUT2D eigenvalue weighted by molar-refractivity contribution is 0.102. The zero-order chi connectivity index (χ0) is 13.8. The molecule has 98 valence electrons. The van der Waals surface area contributed by atoms with E-state index in [9.17, 15) is 9.59 Å². The van der Waals surface area contributed by atoms with Gasteiger partial charge in [-0.1, -0.05) is 0 Å². The van der Waals surface area contributed by atoms with Gasteiger partial charge in [0.15, 0.2) is 5.69 Å². The molecule has 2 heterocycles. The van der Waals surface area contributed by atoms with E-state index in [4.69, 9.17) is 5.73 Å². The highest BCUT2D eigenvalue weighted by Crippen LogP contribution is 2.10. The molecule has 0 bridgehead atoms. The van der Waals surface area contributed by atoms with E-state index in [1.54, 1.807) is 24.4 Å². The number of aryl methyl sites for hydroxylation is 1. The average Bonchev–Trinajstić information content (AvgIpc) is 2.41. The fraction of sp³-hybridized carbons (Fsp3) is 0.154. The average molecular weight is 258 g/mol. The molecule has 0 atom stereocenters. The Morgan fingerprint density at radius 1 is 1.42 bits per heavy atom. The Kier molecular flexibility index (Phi) is 3.61. The Morgan fingerprint density at radius 3 is 2.89 bits per heavy atom. The topological polar surface area (TPSA) is 90.0 Å². The molecule has 0 aliphatic heterocycles. The van der Waals surface area contributed by atoms with Crippen LogP contribution in [0.5, 0.6) is 0 Å². The normalized spacial score (nSPS) is 10.2. The first-order valence-electron chi connectivity index (χ1n) is 5.84. The van der Waals surface area contributed by atoms with Crippen molar-refractivity contribution in [3.63, 3.8) is 0 Å². The van der Waals surface area contributed by atoms with Crippen LogP contribution in [0.15, 0.2) is 41.5 Å². The van der Waals surface area contributed by atoms with E-state index >= 15 is 0 Å². The molecular formula is C13H14N4O2. The van der Waals surface area contributed by atoms with Crippen LogP contribution >= 0.6 is 0 Å². The highest BCUT2D eigenvalue weighted by molar-refractivity contribution is 6.06. The lowest BCUT2D eigenvalue weighted by atomic mass is 10.3. The number of carbonyl (C=O) groups excluding carboxylic acids is 1. The second-order valence-electron chi connectivity index (χ2n) is 3.94. The molecule has 19 heavy (non-hydrogen) atoms. The Bertz CT molecular complexity index is 664. The third-order valence-corrected chi connectivity index (χ3v) is 2.64. The van der Waals surface area contributed by atoms with Crippen LogP contribution in [0.2, 0.25) is 0 Å². The first kappa shape index (κ1) is 12.8. The minimum absolute atomic E-state index is 0.113. The first-order chi connectivity index (χ1) is 9.11.